The predicted molar refractivity (Wildman–Crippen MR) is 95.5 cm³/mol. The van der Waals surface area contributed by atoms with E-state index >= 15 is 0 Å². The number of sulfonamides is 1. The van der Waals surface area contributed by atoms with Crippen molar-refractivity contribution in [2.45, 2.75) is 38.7 Å². The van der Waals surface area contributed by atoms with Gasteiger partial charge in [0.15, 0.2) is 0 Å². The maximum atomic E-state index is 12.7. The van der Waals surface area contributed by atoms with E-state index < -0.39 is 10.0 Å². The highest BCUT2D eigenvalue weighted by Gasteiger charge is 2.19. The van der Waals surface area contributed by atoms with Crippen molar-refractivity contribution in [3.63, 3.8) is 0 Å². The van der Waals surface area contributed by atoms with Crippen LogP contribution >= 0.6 is 0 Å². The molecule has 0 aliphatic heterocycles. The van der Waals surface area contributed by atoms with Crippen molar-refractivity contribution in [1.29, 1.82) is 0 Å². The van der Waals surface area contributed by atoms with E-state index in [1.54, 1.807) is 50.4 Å². The molecule has 2 aromatic carbocycles. The van der Waals surface area contributed by atoms with Gasteiger partial charge in [0.1, 0.15) is 11.5 Å². The lowest BCUT2D eigenvalue weighted by atomic mass is 10.1. The van der Waals surface area contributed by atoms with E-state index in [0.29, 0.717) is 22.7 Å². The van der Waals surface area contributed by atoms with Gasteiger partial charge in [-0.25, -0.2) is 8.42 Å². The molecule has 0 saturated heterocycles. The standard InChI is InChI=1S/C18H23NO4S/c1-12(2)23-16-8-6-7-15(11-16)19-24(20,21)18-10-13(3)17(22-5)9-14(18)4/h6-12,19H,1-5H3. The minimum Gasteiger partial charge on any atom is -0.496 e. The Morgan fingerprint density at radius 2 is 1.75 bits per heavy atom. The van der Waals surface area contributed by atoms with Crippen molar-refractivity contribution in [3.05, 3.63) is 47.5 Å². The molecule has 0 amide bonds. The number of benzene rings is 2. The largest absolute Gasteiger partial charge is 0.496 e. The molecule has 5 nitrogen and oxygen atoms in total. The number of nitrogens with one attached hydrogen (secondary N) is 1. The van der Waals surface area contributed by atoms with Crippen molar-refractivity contribution >= 4 is 15.7 Å². The molecule has 0 fully saturated rings. The molecule has 2 aromatic rings. The molecule has 24 heavy (non-hydrogen) atoms. The number of ether oxygens (including phenoxy) is 2. The van der Waals surface area contributed by atoms with Gasteiger partial charge in [-0.05, 0) is 63.1 Å². The third-order valence-corrected chi connectivity index (χ3v) is 4.96. The first kappa shape index (κ1) is 18.1. The fourth-order valence-corrected chi connectivity index (χ4v) is 3.75. The van der Waals surface area contributed by atoms with E-state index in [1.807, 2.05) is 20.8 Å². The Labute approximate surface area is 143 Å². The highest BCUT2D eigenvalue weighted by atomic mass is 32.2. The molecule has 130 valence electrons. The van der Waals surface area contributed by atoms with Crippen LogP contribution in [0, 0.1) is 13.8 Å². The molecular formula is C18H23NO4S. The molecule has 0 saturated carbocycles. The van der Waals surface area contributed by atoms with Gasteiger partial charge in [-0.3, -0.25) is 4.72 Å². The van der Waals surface area contributed by atoms with Crippen molar-refractivity contribution in [2.24, 2.45) is 0 Å². The van der Waals surface area contributed by atoms with E-state index in [1.165, 1.54) is 0 Å². The van der Waals surface area contributed by atoms with Crippen molar-refractivity contribution in [3.8, 4) is 11.5 Å². The fraction of sp³-hybridized carbons (Fsp3) is 0.333. The fourth-order valence-electron chi connectivity index (χ4n) is 2.39. The molecule has 6 heteroatoms. The number of hydrogen-bond acceptors (Lipinski definition) is 4. The number of rotatable bonds is 6. The van der Waals surface area contributed by atoms with Crippen LogP contribution < -0.4 is 14.2 Å². The second-order valence-electron chi connectivity index (χ2n) is 5.89. The Bertz CT molecular complexity index is 829. The molecule has 0 aromatic heterocycles. The summed E-state index contributed by atoms with van der Waals surface area (Å²) in [7, 11) is -2.13. The summed E-state index contributed by atoms with van der Waals surface area (Å²) >= 11 is 0. The second-order valence-corrected chi connectivity index (χ2v) is 7.54. The van der Waals surface area contributed by atoms with Gasteiger partial charge in [0.25, 0.3) is 10.0 Å². The molecule has 1 N–H and O–H groups in total. The van der Waals surface area contributed by atoms with Crippen LogP contribution in [-0.4, -0.2) is 21.6 Å². The zero-order chi connectivity index (χ0) is 17.9. The molecular weight excluding hydrogens is 326 g/mol. The summed E-state index contributed by atoms with van der Waals surface area (Å²) in [6.45, 7) is 7.39. The smallest absolute Gasteiger partial charge is 0.262 e. The van der Waals surface area contributed by atoms with Crippen molar-refractivity contribution in [1.82, 2.24) is 0 Å². The number of aryl methyl sites for hydroxylation is 2. The van der Waals surface area contributed by atoms with Crippen LogP contribution in [0.25, 0.3) is 0 Å². The molecule has 0 aliphatic carbocycles. The molecule has 0 unspecified atom stereocenters. The van der Waals surface area contributed by atoms with E-state index in [4.69, 9.17) is 9.47 Å². The summed E-state index contributed by atoms with van der Waals surface area (Å²) in [6.07, 6.45) is 0.0170. The average molecular weight is 349 g/mol. The van der Waals surface area contributed by atoms with Gasteiger partial charge in [-0.15, -0.1) is 0 Å². The Kier molecular flexibility index (Phi) is 5.39. The highest BCUT2D eigenvalue weighted by Crippen LogP contribution is 2.28. The predicted octanol–water partition coefficient (Wildman–Crippen LogP) is 3.90. The van der Waals surface area contributed by atoms with E-state index in [2.05, 4.69) is 4.72 Å². The first-order valence-corrected chi connectivity index (χ1v) is 9.16. The van der Waals surface area contributed by atoms with Crippen LogP contribution in [0.4, 0.5) is 5.69 Å². The minimum absolute atomic E-state index is 0.0170. The van der Waals surface area contributed by atoms with Crippen LogP contribution in [-0.2, 0) is 10.0 Å². The van der Waals surface area contributed by atoms with Crippen molar-refractivity contribution in [2.75, 3.05) is 11.8 Å². The first-order valence-electron chi connectivity index (χ1n) is 7.67. The summed E-state index contributed by atoms with van der Waals surface area (Å²) < 4.78 is 38.9. The maximum absolute atomic E-state index is 12.7. The van der Waals surface area contributed by atoms with Gasteiger partial charge in [0, 0.05) is 6.07 Å². The minimum atomic E-state index is -3.70. The molecule has 0 atom stereocenters. The summed E-state index contributed by atoms with van der Waals surface area (Å²) in [4.78, 5) is 0.232. The summed E-state index contributed by atoms with van der Waals surface area (Å²) in [5, 5.41) is 0. The van der Waals surface area contributed by atoms with Crippen LogP contribution in [0.1, 0.15) is 25.0 Å². The third-order valence-electron chi connectivity index (χ3n) is 3.44. The quantitative estimate of drug-likeness (QED) is 0.859. The van der Waals surface area contributed by atoms with E-state index in [0.717, 1.165) is 5.56 Å². The van der Waals surface area contributed by atoms with Gasteiger partial charge in [-0.2, -0.15) is 0 Å². The molecule has 0 spiro atoms. The Balaban J connectivity index is 2.34. The van der Waals surface area contributed by atoms with Gasteiger partial charge >= 0.3 is 0 Å². The maximum Gasteiger partial charge on any atom is 0.262 e. The number of hydrogen-bond donors (Lipinski definition) is 1. The zero-order valence-electron chi connectivity index (χ0n) is 14.6. The van der Waals surface area contributed by atoms with Gasteiger partial charge < -0.3 is 9.47 Å². The highest BCUT2D eigenvalue weighted by molar-refractivity contribution is 7.92. The summed E-state index contributed by atoms with van der Waals surface area (Å²) in [6, 6.07) is 10.2. The lowest BCUT2D eigenvalue weighted by molar-refractivity contribution is 0.242. The Morgan fingerprint density at radius 1 is 1.04 bits per heavy atom. The second kappa shape index (κ2) is 7.13. The Hall–Kier alpha value is -2.21. The Morgan fingerprint density at radius 3 is 2.38 bits per heavy atom. The van der Waals surface area contributed by atoms with Crippen LogP contribution in [0.3, 0.4) is 0 Å². The SMILES string of the molecule is COc1cc(C)c(S(=O)(=O)Nc2cccc(OC(C)C)c2)cc1C. The lowest BCUT2D eigenvalue weighted by Gasteiger charge is -2.15. The van der Waals surface area contributed by atoms with Gasteiger partial charge in [0.05, 0.1) is 23.8 Å². The number of methoxy groups -OCH3 is 1. The molecule has 0 heterocycles. The summed E-state index contributed by atoms with van der Waals surface area (Å²) in [5.41, 5.74) is 1.85. The normalized spacial score (nSPS) is 11.4. The molecule has 0 aliphatic rings. The molecule has 0 radical (unpaired) electrons. The zero-order valence-corrected chi connectivity index (χ0v) is 15.4. The third kappa shape index (κ3) is 4.20. The monoisotopic (exact) mass is 349 g/mol. The van der Waals surface area contributed by atoms with Crippen LogP contribution in [0.15, 0.2) is 41.3 Å². The summed E-state index contributed by atoms with van der Waals surface area (Å²) in [5.74, 6) is 1.28. The topological polar surface area (TPSA) is 64.6 Å². The molecule has 2 rings (SSSR count). The van der Waals surface area contributed by atoms with E-state index in [9.17, 15) is 8.42 Å². The average Bonchev–Trinajstić information content (AvgIpc) is 2.48. The van der Waals surface area contributed by atoms with Crippen LogP contribution in [0.5, 0.6) is 11.5 Å². The van der Waals surface area contributed by atoms with Gasteiger partial charge in [0.2, 0.25) is 0 Å². The van der Waals surface area contributed by atoms with Crippen LogP contribution in [0.2, 0.25) is 0 Å². The first-order chi connectivity index (χ1) is 11.2. The number of anilines is 1. The van der Waals surface area contributed by atoms with Crippen molar-refractivity contribution < 1.29 is 17.9 Å². The lowest BCUT2D eigenvalue weighted by Crippen LogP contribution is -2.15. The molecule has 0 bridgehead atoms. The van der Waals surface area contributed by atoms with E-state index in [-0.39, 0.29) is 11.0 Å². The van der Waals surface area contributed by atoms with Gasteiger partial charge in [-0.1, -0.05) is 6.07 Å².